The van der Waals surface area contributed by atoms with Crippen LogP contribution >= 0.6 is 15.9 Å². The predicted molar refractivity (Wildman–Crippen MR) is 145 cm³/mol. The lowest BCUT2D eigenvalue weighted by atomic mass is 9.73. The summed E-state index contributed by atoms with van der Waals surface area (Å²) in [6.07, 6.45) is 5.10. The fraction of sp³-hybridized carbons (Fsp3) is 0.367. The lowest BCUT2D eigenvalue weighted by Gasteiger charge is -2.52. The van der Waals surface area contributed by atoms with E-state index in [2.05, 4.69) is 45.2 Å². The Labute approximate surface area is 229 Å². The van der Waals surface area contributed by atoms with Crippen LogP contribution in [0.3, 0.4) is 0 Å². The number of hydrogen-bond donors (Lipinski definition) is 1. The largest absolute Gasteiger partial charge is 0.480 e. The van der Waals surface area contributed by atoms with E-state index in [9.17, 15) is 14.7 Å². The second-order valence-electron chi connectivity index (χ2n) is 10.4. The second kappa shape index (κ2) is 10.2. The molecule has 2 bridgehead atoms. The molecule has 0 radical (unpaired) electrons. The number of piperidine rings is 2. The molecule has 1 N–H and O–H groups in total. The van der Waals surface area contributed by atoms with Gasteiger partial charge in [0.1, 0.15) is 17.8 Å². The number of fused-ring (bicyclic) bond motifs is 5. The Morgan fingerprint density at radius 1 is 0.974 bits per heavy atom. The summed E-state index contributed by atoms with van der Waals surface area (Å²) in [6.45, 7) is -0.124. The Kier molecular flexibility index (Phi) is 6.70. The number of rotatable bonds is 6. The molecule has 2 unspecified atom stereocenters. The molecular formula is C30H29BrN2O5. The molecule has 3 aromatic rings. The van der Waals surface area contributed by atoms with Crippen LogP contribution in [-0.4, -0.2) is 52.4 Å². The van der Waals surface area contributed by atoms with Gasteiger partial charge in [-0.25, -0.2) is 14.6 Å². The summed E-state index contributed by atoms with van der Waals surface area (Å²) in [4.78, 5) is 31.3. The Balaban J connectivity index is 1.22. The van der Waals surface area contributed by atoms with Gasteiger partial charge in [0.2, 0.25) is 0 Å². The quantitative estimate of drug-likeness (QED) is 0.356. The summed E-state index contributed by atoms with van der Waals surface area (Å²) in [5.41, 5.74) is 4.78. The minimum absolute atomic E-state index is 0.00260. The number of amides is 1. The minimum Gasteiger partial charge on any atom is -0.480 e. The highest BCUT2D eigenvalue weighted by atomic mass is 79.9. The maximum atomic E-state index is 13.6. The molecule has 3 heterocycles. The average molecular weight is 577 g/mol. The second-order valence-corrected chi connectivity index (χ2v) is 11.2. The van der Waals surface area contributed by atoms with Gasteiger partial charge in [-0.1, -0.05) is 54.6 Å². The Bertz CT molecular complexity index is 1300. The van der Waals surface area contributed by atoms with Crippen LogP contribution in [0.25, 0.3) is 11.1 Å². The average Bonchev–Trinajstić information content (AvgIpc) is 3.24. The van der Waals surface area contributed by atoms with Crippen LogP contribution in [0.1, 0.15) is 54.7 Å². The zero-order valence-electron chi connectivity index (χ0n) is 20.9. The highest BCUT2D eigenvalue weighted by Gasteiger charge is 2.51. The zero-order valence-corrected chi connectivity index (χ0v) is 22.5. The van der Waals surface area contributed by atoms with Gasteiger partial charge < -0.3 is 19.5 Å². The van der Waals surface area contributed by atoms with E-state index >= 15 is 0 Å². The van der Waals surface area contributed by atoms with Crippen molar-refractivity contribution in [1.82, 2.24) is 9.88 Å². The van der Waals surface area contributed by atoms with Crippen molar-refractivity contribution in [2.24, 2.45) is 0 Å². The molecule has 196 valence electrons. The third-order valence-corrected chi connectivity index (χ3v) is 8.73. The number of benzene rings is 2. The van der Waals surface area contributed by atoms with Crippen molar-refractivity contribution in [3.63, 3.8) is 0 Å². The van der Waals surface area contributed by atoms with E-state index in [0.717, 1.165) is 24.8 Å². The van der Waals surface area contributed by atoms with Gasteiger partial charge in [0.15, 0.2) is 0 Å². The van der Waals surface area contributed by atoms with Crippen molar-refractivity contribution in [2.75, 3.05) is 13.2 Å². The Morgan fingerprint density at radius 2 is 1.61 bits per heavy atom. The summed E-state index contributed by atoms with van der Waals surface area (Å²) < 4.78 is 12.8. The molecule has 2 atom stereocenters. The number of carboxylic acid groups (broad SMARTS) is 1. The molecule has 6 rings (SSSR count). The summed E-state index contributed by atoms with van der Waals surface area (Å²) in [5, 5.41) is 9.37. The molecule has 2 fully saturated rings. The molecule has 1 aromatic heterocycles. The van der Waals surface area contributed by atoms with E-state index in [4.69, 9.17) is 9.47 Å². The van der Waals surface area contributed by atoms with Crippen LogP contribution in [0.4, 0.5) is 4.79 Å². The van der Waals surface area contributed by atoms with E-state index in [1.54, 1.807) is 6.20 Å². The highest BCUT2D eigenvalue weighted by molar-refractivity contribution is 9.10. The summed E-state index contributed by atoms with van der Waals surface area (Å²) in [7, 11) is 0. The number of halogens is 1. The third-order valence-electron chi connectivity index (χ3n) is 8.26. The molecule has 2 saturated heterocycles. The lowest BCUT2D eigenvalue weighted by Crippen LogP contribution is -2.59. The number of carbonyl (C=O) groups excluding carboxylic acids is 1. The maximum Gasteiger partial charge on any atom is 0.410 e. The number of pyridine rings is 1. The molecule has 1 aliphatic carbocycles. The SMILES string of the molecule is O=C(O)COC1(c2ccc(Br)nc2)CC2CCCC(C1)N2C(=O)OCC1c2ccccc2-c2ccccc21. The highest BCUT2D eigenvalue weighted by Crippen LogP contribution is 2.48. The molecule has 1 amide bonds. The monoisotopic (exact) mass is 576 g/mol. The smallest absolute Gasteiger partial charge is 0.410 e. The maximum absolute atomic E-state index is 13.6. The van der Waals surface area contributed by atoms with E-state index in [-0.39, 0.29) is 30.7 Å². The first-order valence-electron chi connectivity index (χ1n) is 13.1. The number of aliphatic carboxylic acids is 1. The first-order valence-corrected chi connectivity index (χ1v) is 13.9. The predicted octanol–water partition coefficient (Wildman–Crippen LogP) is 6.11. The number of hydrogen-bond acceptors (Lipinski definition) is 5. The summed E-state index contributed by atoms with van der Waals surface area (Å²) in [6, 6.07) is 20.2. The number of carboxylic acids is 1. The number of nitrogens with zero attached hydrogens (tertiary/aromatic N) is 2. The van der Waals surface area contributed by atoms with Crippen LogP contribution < -0.4 is 0 Å². The normalized spacial score (nSPS) is 24.0. The molecule has 38 heavy (non-hydrogen) atoms. The Hall–Kier alpha value is -3.23. The van der Waals surface area contributed by atoms with Gasteiger partial charge in [-0.15, -0.1) is 0 Å². The van der Waals surface area contributed by atoms with Crippen molar-refractivity contribution in [1.29, 1.82) is 0 Å². The molecule has 0 spiro atoms. The zero-order chi connectivity index (χ0) is 26.3. The molecule has 3 aliphatic rings. The van der Waals surface area contributed by atoms with Crippen molar-refractivity contribution < 1.29 is 24.2 Å². The van der Waals surface area contributed by atoms with Crippen LogP contribution in [0, 0.1) is 0 Å². The van der Waals surface area contributed by atoms with E-state index < -0.39 is 18.2 Å². The standard InChI is InChI=1S/C30H29BrN2O5/c31-27-13-12-19(16-32-27)30(38-18-28(34)35)14-20-6-5-7-21(15-30)33(20)29(36)37-17-26-24-10-3-1-8-22(24)23-9-2-4-11-25(23)26/h1-4,8-13,16,20-21,26H,5-7,14-15,17-18H2,(H,34,35). The molecule has 2 aliphatic heterocycles. The van der Waals surface area contributed by atoms with E-state index in [0.29, 0.717) is 17.4 Å². The van der Waals surface area contributed by atoms with Gasteiger partial charge in [0, 0.05) is 42.6 Å². The van der Waals surface area contributed by atoms with Gasteiger partial charge in [0.25, 0.3) is 0 Å². The number of carbonyl (C=O) groups is 2. The van der Waals surface area contributed by atoms with E-state index in [1.165, 1.54) is 22.3 Å². The first kappa shape index (κ1) is 25.1. The minimum atomic E-state index is -1.02. The fourth-order valence-corrected chi connectivity index (χ4v) is 6.89. The van der Waals surface area contributed by atoms with Crippen LogP contribution in [-0.2, 0) is 19.9 Å². The van der Waals surface area contributed by atoms with Crippen LogP contribution in [0.2, 0.25) is 0 Å². The molecular weight excluding hydrogens is 548 g/mol. The van der Waals surface area contributed by atoms with Crippen molar-refractivity contribution in [3.05, 3.63) is 88.2 Å². The number of ether oxygens (including phenoxy) is 2. The van der Waals surface area contributed by atoms with Crippen molar-refractivity contribution in [3.8, 4) is 11.1 Å². The third kappa shape index (κ3) is 4.50. The van der Waals surface area contributed by atoms with Gasteiger partial charge in [0.05, 0.1) is 5.60 Å². The summed E-state index contributed by atoms with van der Waals surface area (Å²) >= 11 is 3.38. The first-order chi connectivity index (χ1) is 18.4. The molecule has 8 heteroatoms. The topological polar surface area (TPSA) is 89.0 Å². The van der Waals surface area contributed by atoms with Gasteiger partial charge >= 0.3 is 12.1 Å². The van der Waals surface area contributed by atoms with Crippen LogP contribution in [0.15, 0.2) is 71.5 Å². The van der Waals surface area contributed by atoms with Gasteiger partial charge in [-0.2, -0.15) is 0 Å². The lowest BCUT2D eigenvalue weighted by molar-refractivity contribution is -0.163. The number of aromatic nitrogens is 1. The Morgan fingerprint density at radius 3 is 2.18 bits per heavy atom. The van der Waals surface area contributed by atoms with Crippen molar-refractivity contribution in [2.45, 2.75) is 55.7 Å². The van der Waals surface area contributed by atoms with Gasteiger partial charge in [-0.05, 0) is 63.5 Å². The van der Waals surface area contributed by atoms with E-state index in [1.807, 2.05) is 41.3 Å². The molecule has 0 saturated carbocycles. The van der Waals surface area contributed by atoms with Gasteiger partial charge in [-0.3, -0.25) is 0 Å². The fourth-order valence-electron chi connectivity index (χ4n) is 6.66. The molecule has 7 nitrogen and oxygen atoms in total. The molecule has 2 aromatic carbocycles. The van der Waals surface area contributed by atoms with Crippen LogP contribution in [0.5, 0.6) is 0 Å². The van der Waals surface area contributed by atoms with Crippen molar-refractivity contribution >= 4 is 28.0 Å². The summed E-state index contributed by atoms with van der Waals surface area (Å²) in [5.74, 6) is -1.01.